The lowest BCUT2D eigenvalue weighted by Gasteiger charge is -2.29. The summed E-state index contributed by atoms with van der Waals surface area (Å²) < 4.78 is 0.757. The molecular formula is C15H21IN2O2. The molecule has 0 aliphatic carbocycles. The van der Waals surface area contributed by atoms with Crippen molar-refractivity contribution in [3.05, 3.63) is 27.3 Å². The zero-order valence-corrected chi connectivity index (χ0v) is 14.1. The normalized spacial score (nSPS) is 18.5. The molecule has 2 rings (SSSR count). The summed E-state index contributed by atoms with van der Waals surface area (Å²) in [6.45, 7) is 5.82. The molecule has 0 radical (unpaired) electrons. The van der Waals surface area contributed by atoms with Crippen LogP contribution < -0.4 is 5.32 Å². The molecule has 0 saturated carbocycles. The first-order valence-corrected chi connectivity index (χ1v) is 8.09. The molecule has 1 aromatic rings. The highest BCUT2D eigenvalue weighted by Crippen LogP contribution is 2.22. The van der Waals surface area contributed by atoms with Gasteiger partial charge in [-0.05, 0) is 74.0 Å². The fraction of sp³-hybridized carbons (Fsp3) is 0.533. The minimum atomic E-state index is -0.0135. The fourth-order valence-electron chi connectivity index (χ4n) is 2.49. The third-order valence-electron chi connectivity index (χ3n) is 3.66. The monoisotopic (exact) mass is 388 g/mol. The zero-order valence-electron chi connectivity index (χ0n) is 11.9. The van der Waals surface area contributed by atoms with Crippen LogP contribution in [0, 0.1) is 3.57 Å². The Morgan fingerprint density at radius 3 is 2.85 bits per heavy atom. The fourth-order valence-corrected chi connectivity index (χ4v) is 2.83. The molecule has 0 aromatic heterocycles. The molecule has 0 bridgehead atoms. The Morgan fingerprint density at radius 1 is 1.55 bits per heavy atom. The molecule has 5 heteroatoms. The molecule has 0 spiro atoms. The first-order valence-electron chi connectivity index (χ1n) is 7.02. The quantitative estimate of drug-likeness (QED) is 0.780. The van der Waals surface area contributed by atoms with Gasteiger partial charge in [-0.15, -0.1) is 0 Å². The van der Waals surface area contributed by atoms with Gasteiger partial charge >= 0.3 is 0 Å². The molecule has 1 unspecified atom stereocenters. The number of benzene rings is 1. The highest BCUT2D eigenvalue weighted by Gasteiger charge is 2.24. The molecule has 110 valence electrons. The summed E-state index contributed by atoms with van der Waals surface area (Å²) in [5.41, 5.74) is 0.551. The van der Waals surface area contributed by atoms with E-state index in [9.17, 15) is 9.90 Å². The molecule has 1 aliphatic rings. The summed E-state index contributed by atoms with van der Waals surface area (Å²) in [5.74, 6) is 0.152. The van der Waals surface area contributed by atoms with E-state index in [1.165, 1.54) is 6.42 Å². The smallest absolute Gasteiger partial charge is 0.254 e. The third kappa shape index (κ3) is 3.63. The summed E-state index contributed by atoms with van der Waals surface area (Å²) in [5, 5.41) is 13.2. The lowest BCUT2D eigenvalue weighted by atomic mass is 10.1. The standard InChI is InChI=1S/C15H21IN2O2/c1-10(2)18(9-12-4-3-7-17-12)15(20)11-5-6-13(16)14(19)8-11/h5-6,8,10,12,17,19H,3-4,7,9H2,1-2H3. The van der Waals surface area contributed by atoms with Crippen molar-refractivity contribution in [3.8, 4) is 5.75 Å². The van der Waals surface area contributed by atoms with Crippen molar-refractivity contribution in [2.45, 2.75) is 38.8 Å². The number of amides is 1. The molecule has 2 N–H and O–H groups in total. The number of nitrogens with one attached hydrogen (secondary N) is 1. The van der Waals surface area contributed by atoms with Gasteiger partial charge in [0.2, 0.25) is 0 Å². The Kier molecular flexibility index (Phi) is 5.26. The van der Waals surface area contributed by atoms with Crippen molar-refractivity contribution in [2.75, 3.05) is 13.1 Å². The highest BCUT2D eigenvalue weighted by molar-refractivity contribution is 14.1. The average Bonchev–Trinajstić information content (AvgIpc) is 2.91. The Morgan fingerprint density at radius 2 is 2.30 bits per heavy atom. The van der Waals surface area contributed by atoms with Crippen molar-refractivity contribution >= 4 is 28.5 Å². The molecule has 1 amide bonds. The Labute approximate surface area is 133 Å². The van der Waals surface area contributed by atoms with E-state index in [0.717, 1.165) is 23.1 Å². The molecule has 1 saturated heterocycles. The maximum Gasteiger partial charge on any atom is 0.254 e. The molecular weight excluding hydrogens is 367 g/mol. The van der Waals surface area contributed by atoms with Crippen LogP contribution in [0.4, 0.5) is 0 Å². The van der Waals surface area contributed by atoms with Gasteiger partial charge in [0.05, 0.1) is 3.57 Å². The van der Waals surface area contributed by atoms with Crippen molar-refractivity contribution in [1.82, 2.24) is 10.2 Å². The zero-order chi connectivity index (χ0) is 14.7. The third-order valence-corrected chi connectivity index (χ3v) is 4.57. The minimum absolute atomic E-state index is 0.0135. The van der Waals surface area contributed by atoms with Gasteiger partial charge in [-0.3, -0.25) is 4.79 Å². The number of phenolic OH excluding ortho intramolecular Hbond substituents is 1. The van der Waals surface area contributed by atoms with Crippen LogP contribution in [0.3, 0.4) is 0 Å². The van der Waals surface area contributed by atoms with Gasteiger partial charge in [-0.1, -0.05) is 0 Å². The molecule has 1 fully saturated rings. The Hall–Kier alpha value is -0.820. The van der Waals surface area contributed by atoms with Gasteiger partial charge in [0, 0.05) is 24.2 Å². The summed E-state index contributed by atoms with van der Waals surface area (Å²) in [6, 6.07) is 5.64. The van der Waals surface area contributed by atoms with Crippen molar-refractivity contribution in [2.24, 2.45) is 0 Å². The minimum Gasteiger partial charge on any atom is -0.507 e. The number of carbonyl (C=O) groups is 1. The van der Waals surface area contributed by atoms with E-state index in [2.05, 4.69) is 27.9 Å². The Balaban J connectivity index is 2.15. The molecule has 1 heterocycles. The van der Waals surface area contributed by atoms with E-state index in [4.69, 9.17) is 0 Å². The summed E-state index contributed by atoms with van der Waals surface area (Å²) in [7, 11) is 0. The van der Waals surface area contributed by atoms with Gasteiger partial charge < -0.3 is 15.3 Å². The number of aromatic hydroxyl groups is 1. The number of carbonyl (C=O) groups excluding carboxylic acids is 1. The predicted molar refractivity (Wildman–Crippen MR) is 88.0 cm³/mol. The maximum absolute atomic E-state index is 12.6. The van der Waals surface area contributed by atoms with Crippen LogP contribution in [0.1, 0.15) is 37.0 Å². The molecule has 1 aromatic carbocycles. The van der Waals surface area contributed by atoms with Gasteiger partial charge in [-0.2, -0.15) is 0 Å². The second-order valence-corrected chi connectivity index (χ2v) is 6.67. The van der Waals surface area contributed by atoms with Crippen molar-refractivity contribution in [1.29, 1.82) is 0 Å². The van der Waals surface area contributed by atoms with E-state index in [0.29, 0.717) is 11.6 Å². The maximum atomic E-state index is 12.6. The van der Waals surface area contributed by atoms with Crippen LogP contribution in [0.2, 0.25) is 0 Å². The van der Waals surface area contributed by atoms with Crippen LogP contribution in [-0.4, -0.2) is 41.1 Å². The highest BCUT2D eigenvalue weighted by atomic mass is 127. The predicted octanol–water partition coefficient (Wildman–Crippen LogP) is 2.60. The van der Waals surface area contributed by atoms with E-state index in [1.807, 2.05) is 18.7 Å². The number of hydrogen-bond donors (Lipinski definition) is 2. The summed E-state index contributed by atoms with van der Waals surface area (Å²) >= 11 is 2.05. The van der Waals surface area contributed by atoms with E-state index in [-0.39, 0.29) is 17.7 Å². The van der Waals surface area contributed by atoms with E-state index in [1.54, 1.807) is 18.2 Å². The van der Waals surface area contributed by atoms with Gasteiger partial charge in [0.1, 0.15) is 5.75 Å². The number of nitrogens with zero attached hydrogens (tertiary/aromatic N) is 1. The van der Waals surface area contributed by atoms with Crippen LogP contribution >= 0.6 is 22.6 Å². The average molecular weight is 388 g/mol. The van der Waals surface area contributed by atoms with Crippen LogP contribution in [0.15, 0.2) is 18.2 Å². The SMILES string of the molecule is CC(C)N(CC1CCCN1)C(=O)c1ccc(I)c(O)c1. The molecule has 4 nitrogen and oxygen atoms in total. The number of hydrogen-bond acceptors (Lipinski definition) is 3. The lowest BCUT2D eigenvalue weighted by molar-refractivity contribution is 0.0688. The van der Waals surface area contributed by atoms with E-state index >= 15 is 0 Å². The lowest BCUT2D eigenvalue weighted by Crippen LogP contribution is -2.44. The van der Waals surface area contributed by atoms with Crippen LogP contribution in [-0.2, 0) is 0 Å². The van der Waals surface area contributed by atoms with E-state index < -0.39 is 0 Å². The molecule has 20 heavy (non-hydrogen) atoms. The number of rotatable bonds is 4. The van der Waals surface area contributed by atoms with Gasteiger partial charge in [0.25, 0.3) is 5.91 Å². The second-order valence-electron chi connectivity index (χ2n) is 5.51. The second kappa shape index (κ2) is 6.76. The van der Waals surface area contributed by atoms with Crippen molar-refractivity contribution < 1.29 is 9.90 Å². The van der Waals surface area contributed by atoms with Crippen LogP contribution in [0.25, 0.3) is 0 Å². The first kappa shape index (κ1) is 15.6. The Bertz CT molecular complexity index is 485. The summed E-state index contributed by atoms with van der Waals surface area (Å²) in [4.78, 5) is 14.5. The summed E-state index contributed by atoms with van der Waals surface area (Å²) in [6.07, 6.45) is 2.30. The first-order chi connectivity index (χ1) is 9.49. The largest absolute Gasteiger partial charge is 0.507 e. The van der Waals surface area contributed by atoms with Gasteiger partial charge in [0.15, 0.2) is 0 Å². The van der Waals surface area contributed by atoms with Crippen LogP contribution in [0.5, 0.6) is 5.75 Å². The van der Waals surface area contributed by atoms with Gasteiger partial charge in [-0.25, -0.2) is 0 Å². The number of halogens is 1. The molecule has 1 atom stereocenters. The topological polar surface area (TPSA) is 52.6 Å². The molecule has 1 aliphatic heterocycles. The number of phenols is 1. The van der Waals surface area contributed by atoms with Crippen molar-refractivity contribution in [3.63, 3.8) is 0 Å².